The Hall–Kier alpha value is -4.12. The van der Waals surface area contributed by atoms with Crippen molar-refractivity contribution in [3.63, 3.8) is 0 Å². The minimum Gasteiger partial charge on any atom is -0.314 e. The molecule has 0 saturated carbocycles. The number of hydrogen-bond donors (Lipinski definition) is 1. The molecule has 0 radical (unpaired) electrons. The van der Waals surface area contributed by atoms with Crippen LogP contribution in [0.4, 0.5) is 0 Å². The van der Waals surface area contributed by atoms with Crippen LogP contribution in [0.25, 0.3) is 54.4 Å². The van der Waals surface area contributed by atoms with Gasteiger partial charge in [0.15, 0.2) is 0 Å². The highest BCUT2D eigenvalue weighted by molar-refractivity contribution is 6.35. The van der Waals surface area contributed by atoms with Gasteiger partial charge in [0.05, 0.1) is 32.8 Å². The molecule has 0 aliphatic rings. The molecule has 7 aromatic rings. The van der Waals surface area contributed by atoms with E-state index in [4.69, 9.17) is 0 Å². The minimum atomic E-state index is -0.326. The minimum absolute atomic E-state index is 0.326. The van der Waals surface area contributed by atoms with Crippen LogP contribution in [0.5, 0.6) is 0 Å². The normalized spacial score (nSPS) is 12.4. The van der Waals surface area contributed by atoms with Crippen molar-refractivity contribution in [1.82, 2.24) is 13.8 Å². The first-order valence-corrected chi connectivity index (χ1v) is 9.47. The van der Waals surface area contributed by atoms with Crippen LogP contribution < -0.4 is 11.1 Å². The quantitative estimate of drug-likeness (QED) is 0.430. The zero-order valence-corrected chi connectivity index (χ0v) is 15.1. The standard InChI is InChI=1S/C24H13N3O2/c28-23-19-17-13-7-1-3-9-15(13)26-11-5-6-12-27-16-10-4-2-8-14(16)18(22(27)21(17)26)20(19)24(29)25-23/h1-12H,(H,25,28,29). The van der Waals surface area contributed by atoms with Crippen molar-refractivity contribution in [1.29, 1.82) is 0 Å². The summed E-state index contributed by atoms with van der Waals surface area (Å²) in [6.45, 7) is 0. The molecule has 0 amide bonds. The monoisotopic (exact) mass is 375 g/mol. The molecule has 1 N–H and O–H groups in total. The zero-order chi connectivity index (χ0) is 19.3. The molecule has 0 saturated heterocycles. The molecular weight excluding hydrogens is 362 g/mol. The lowest BCUT2D eigenvalue weighted by atomic mass is 10.0. The predicted molar refractivity (Wildman–Crippen MR) is 116 cm³/mol. The number of nitrogens with zero attached hydrogens (tertiary/aromatic N) is 2. The Labute approximate surface area is 162 Å². The molecule has 4 aromatic heterocycles. The molecule has 29 heavy (non-hydrogen) atoms. The molecule has 0 aliphatic heterocycles. The lowest BCUT2D eigenvalue weighted by molar-refractivity contribution is 1.22. The van der Waals surface area contributed by atoms with Gasteiger partial charge in [-0.25, -0.2) is 0 Å². The van der Waals surface area contributed by atoms with Crippen LogP contribution >= 0.6 is 0 Å². The Morgan fingerprint density at radius 3 is 1.48 bits per heavy atom. The topological polar surface area (TPSA) is 58.8 Å². The van der Waals surface area contributed by atoms with E-state index < -0.39 is 0 Å². The predicted octanol–water partition coefficient (Wildman–Crippen LogP) is 4.29. The van der Waals surface area contributed by atoms with Gasteiger partial charge in [-0.1, -0.05) is 36.4 Å². The van der Waals surface area contributed by atoms with Crippen LogP contribution in [0.2, 0.25) is 0 Å². The molecule has 0 atom stereocenters. The molecule has 0 bridgehead atoms. The van der Waals surface area contributed by atoms with E-state index in [9.17, 15) is 9.59 Å². The summed E-state index contributed by atoms with van der Waals surface area (Å²) in [7, 11) is 0. The Balaban J connectivity index is 2.10. The van der Waals surface area contributed by atoms with Gasteiger partial charge in [-0.3, -0.25) is 14.6 Å². The van der Waals surface area contributed by atoms with Crippen molar-refractivity contribution in [2.75, 3.05) is 0 Å². The van der Waals surface area contributed by atoms with Gasteiger partial charge in [0, 0.05) is 33.9 Å². The third-order valence-electron chi connectivity index (χ3n) is 6.06. The second-order valence-electron chi connectivity index (χ2n) is 7.44. The van der Waals surface area contributed by atoms with Crippen molar-refractivity contribution < 1.29 is 0 Å². The molecule has 0 unspecified atom stereocenters. The van der Waals surface area contributed by atoms with E-state index in [2.05, 4.69) is 13.8 Å². The second kappa shape index (κ2) is 4.83. The van der Waals surface area contributed by atoms with E-state index >= 15 is 0 Å². The lowest BCUT2D eigenvalue weighted by Crippen LogP contribution is -2.05. The Morgan fingerprint density at radius 1 is 0.552 bits per heavy atom. The largest absolute Gasteiger partial charge is 0.314 e. The number of para-hydroxylation sites is 2. The molecule has 7 rings (SSSR count). The van der Waals surface area contributed by atoms with Crippen molar-refractivity contribution in [3.8, 4) is 0 Å². The summed E-state index contributed by atoms with van der Waals surface area (Å²) in [5.74, 6) is 0. The van der Waals surface area contributed by atoms with Gasteiger partial charge >= 0.3 is 0 Å². The maximum atomic E-state index is 12.9. The van der Waals surface area contributed by atoms with Gasteiger partial charge in [-0.15, -0.1) is 0 Å². The third-order valence-corrected chi connectivity index (χ3v) is 6.06. The van der Waals surface area contributed by atoms with Gasteiger partial charge in [-0.05, 0) is 24.3 Å². The number of benzene rings is 3. The summed E-state index contributed by atoms with van der Waals surface area (Å²) in [5, 5.41) is 4.55. The van der Waals surface area contributed by atoms with Crippen LogP contribution in [0, 0.1) is 0 Å². The number of nitrogens with one attached hydrogen (secondary N) is 1. The Kier molecular flexibility index (Phi) is 2.48. The third kappa shape index (κ3) is 1.59. The first kappa shape index (κ1) is 14.9. The number of hydrogen-bond acceptors (Lipinski definition) is 2. The molecule has 3 aromatic carbocycles. The van der Waals surface area contributed by atoms with Crippen molar-refractivity contribution in [3.05, 3.63) is 93.8 Å². The summed E-state index contributed by atoms with van der Waals surface area (Å²) >= 11 is 0. The SMILES string of the molecule is O=c1[nH]c(=O)c2c1c1c3ccccc3n3ccccn4c5ccccc5c2c4c13. The van der Waals surface area contributed by atoms with Gasteiger partial charge in [0.2, 0.25) is 0 Å². The fourth-order valence-electron chi connectivity index (χ4n) is 5.01. The molecule has 0 fully saturated rings. The van der Waals surface area contributed by atoms with E-state index in [1.165, 1.54) is 0 Å². The van der Waals surface area contributed by atoms with Crippen molar-refractivity contribution in [2.45, 2.75) is 0 Å². The first-order chi connectivity index (χ1) is 14.3. The lowest BCUT2D eigenvalue weighted by Gasteiger charge is -2.03. The number of H-pyrrole nitrogens is 1. The van der Waals surface area contributed by atoms with Gasteiger partial charge < -0.3 is 8.80 Å². The summed E-state index contributed by atoms with van der Waals surface area (Å²) in [5.41, 5.74) is 3.25. The highest BCUT2D eigenvalue weighted by atomic mass is 16.2. The van der Waals surface area contributed by atoms with E-state index in [1.807, 2.05) is 73.1 Å². The summed E-state index contributed by atoms with van der Waals surface area (Å²) in [6.07, 6.45) is 4.03. The van der Waals surface area contributed by atoms with Crippen LogP contribution in [0.3, 0.4) is 0 Å². The van der Waals surface area contributed by atoms with E-state index in [0.29, 0.717) is 10.8 Å². The fourth-order valence-corrected chi connectivity index (χ4v) is 5.01. The van der Waals surface area contributed by atoms with Gasteiger partial charge in [0.1, 0.15) is 0 Å². The zero-order valence-electron chi connectivity index (χ0n) is 15.1. The van der Waals surface area contributed by atoms with Gasteiger partial charge in [-0.2, -0.15) is 0 Å². The molecule has 0 spiro atoms. The first-order valence-electron chi connectivity index (χ1n) is 9.47. The molecule has 5 heteroatoms. The number of rotatable bonds is 0. The molecule has 136 valence electrons. The number of aromatic nitrogens is 3. The van der Waals surface area contributed by atoms with Crippen LogP contribution in [0.1, 0.15) is 0 Å². The molecule has 0 aliphatic carbocycles. The maximum Gasteiger partial charge on any atom is 0.259 e. The summed E-state index contributed by atoms with van der Waals surface area (Å²) in [6, 6.07) is 20.0. The van der Waals surface area contributed by atoms with Crippen LogP contribution in [-0.4, -0.2) is 13.8 Å². The van der Waals surface area contributed by atoms with E-state index in [0.717, 1.165) is 43.6 Å². The van der Waals surface area contributed by atoms with Gasteiger partial charge in [0.25, 0.3) is 11.1 Å². The summed E-state index contributed by atoms with van der Waals surface area (Å²) in [4.78, 5) is 28.4. The average molecular weight is 375 g/mol. The fraction of sp³-hybridized carbons (Fsp3) is 0. The Bertz CT molecular complexity index is 1770. The summed E-state index contributed by atoms with van der Waals surface area (Å²) < 4.78 is 4.25. The smallest absolute Gasteiger partial charge is 0.259 e. The van der Waals surface area contributed by atoms with Crippen molar-refractivity contribution in [2.24, 2.45) is 0 Å². The molecule has 5 nitrogen and oxygen atoms in total. The average Bonchev–Trinajstić information content (AvgIpc) is 3.31. The van der Waals surface area contributed by atoms with E-state index in [1.54, 1.807) is 0 Å². The highest BCUT2D eigenvalue weighted by Gasteiger charge is 2.24. The van der Waals surface area contributed by atoms with Crippen LogP contribution in [-0.2, 0) is 0 Å². The molecule has 4 heterocycles. The number of fused-ring (bicyclic) bond motifs is 9. The van der Waals surface area contributed by atoms with Crippen LogP contribution in [0.15, 0.2) is 82.6 Å². The Morgan fingerprint density at radius 2 is 1.00 bits per heavy atom. The van der Waals surface area contributed by atoms with E-state index in [-0.39, 0.29) is 11.1 Å². The molecular formula is C24H13N3O2. The number of aromatic amines is 1. The maximum absolute atomic E-state index is 12.9. The van der Waals surface area contributed by atoms with Crippen molar-refractivity contribution >= 4 is 54.4 Å². The highest BCUT2D eigenvalue weighted by Crippen LogP contribution is 2.41. The second-order valence-corrected chi connectivity index (χ2v) is 7.44.